The van der Waals surface area contributed by atoms with Crippen LogP contribution in [0.3, 0.4) is 0 Å². The van der Waals surface area contributed by atoms with E-state index >= 15 is 0 Å². The van der Waals surface area contributed by atoms with E-state index in [0.29, 0.717) is 13.0 Å². The lowest BCUT2D eigenvalue weighted by molar-refractivity contribution is -0.144. The van der Waals surface area contributed by atoms with E-state index in [-0.39, 0.29) is 5.97 Å². The van der Waals surface area contributed by atoms with E-state index < -0.39 is 6.04 Å². The normalized spacial score (nSPS) is 11.5. The van der Waals surface area contributed by atoms with E-state index in [1.54, 1.807) is 0 Å². The predicted octanol–water partition coefficient (Wildman–Crippen LogP) is 5.59. The van der Waals surface area contributed by atoms with E-state index in [9.17, 15) is 4.79 Å². The molecule has 1 atom stereocenters. The molecule has 3 aromatic carbocycles. The highest BCUT2D eigenvalue weighted by molar-refractivity contribution is 9.08. The van der Waals surface area contributed by atoms with Gasteiger partial charge in [-0.3, -0.25) is 4.99 Å². The number of ether oxygens (including phenoxy) is 1. The average molecular weight is 450 g/mol. The van der Waals surface area contributed by atoms with Gasteiger partial charge in [-0.25, -0.2) is 4.79 Å². The van der Waals surface area contributed by atoms with Crippen molar-refractivity contribution in [2.24, 2.45) is 4.99 Å². The Kier molecular flexibility index (Phi) is 7.77. The minimum Gasteiger partial charge on any atom is -0.464 e. The maximum absolute atomic E-state index is 12.8. The molecule has 0 fully saturated rings. The van der Waals surface area contributed by atoms with Gasteiger partial charge in [-0.2, -0.15) is 0 Å². The molecule has 0 radical (unpaired) electrons. The van der Waals surface area contributed by atoms with Crippen molar-refractivity contribution in [3.8, 4) is 0 Å². The van der Waals surface area contributed by atoms with Crippen LogP contribution in [0.25, 0.3) is 0 Å². The molecule has 4 heteroatoms. The van der Waals surface area contributed by atoms with Crippen molar-refractivity contribution >= 4 is 27.6 Å². The van der Waals surface area contributed by atoms with E-state index in [1.165, 1.54) is 0 Å². The fourth-order valence-electron chi connectivity index (χ4n) is 3.18. The molecule has 0 amide bonds. The van der Waals surface area contributed by atoms with Crippen LogP contribution < -0.4 is 0 Å². The van der Waals surface area contributed by atoms with Crippen LogP contribution in [0.5, 0.6) is 0 Å². The highest BCUT2D eigenvalue weighted by atomic mass is 79.9. The second-order valence-corrected chi connectivity index (χ2v) is 7.14. The Morgan fingerprint density at radius 1 is 0.862 bits per heavy atom. The van der Waals surface area contributed by atoms with Crippen LogP contribution in [0.15, 0.2) is 89.9 Å². The van der Waals surface area contributed by atoms with Crippen LogP contribution in [0, 0.1) is 0 Å². The molecule has 0 saturated heterocycles. The van der Waals surface area contributed by atoms with Crippen molar-refractivity contribution in [3.05, 3.63) is 107 Å². The molecule has 3 rings (SSSR count). The number of aliphatic imine (C=N–C) groups is 1. The summed E-state index contributed by atoms with van der Waals surface area (Å²) < 4.78 is 5.36. The van der Waals surface area contributed by atoms with E-state index in [0.717, 1.165) is 33.3 Å². The molecular formula is C25H24BrNO2. The molecule has 0 spiro atoms. The van der Waals surface area contributed by atoms with E-state index in [1.807, 2.05) is 85.8 Å². The van der Waals surface area contributed by atoms with Crippen LogP contribution in [0.2, 0.25) is 0 Å². The molecule has 3 nitrogen and oxygen atoms in total. The van der Waals surface area contributed by atoms with Crippen LogP contribution in [-0.2, 0) is 21.3 Å². The number of hydrogen-bond donors (Lipinski definition) is 0. The SMILES string of the molecule is CCOC(=O)C(Cc1ccccc1CBr)N=C(c1ccccc1)c1ccccc1. The molecule has 0 N–H and O–H groups in total. The molecule has 0 saturated carbocycles. The summed E-state index contributed by atoms with van der Waals surface area (Å²) in [6.07, 6.45) is 0.490. The minimum atomic E-state index is -0.620. The molecule has 0 aliphatic carbocycles. The van der Waals surface area contributed by atoms with Gasteiger partial charge in [0.25, 0.3) is 0 Å². The maximum Gasteiger partial charge on any atom is 0.331 e. The van der Waals surface area contributed by atoms with Gasteiger partial charge in [-0.05, 0) is 18.1 Å². The van der Waals surface area contributed by atoms with Crippen molar-refractivity contribution in [2.45, 2.75) is 24.7 Å². The smallest absolute Gasteiger partial charge is 0.331 e. The summed E-state index contributed by atoms with van der Waals surface area (Å²) in [6, 6.07) is 27.4. The van der Waals surface area contributed by atoms with Crippen molar-refractivity contribution in [3.63, 3.8) is 0 Å². The van der Waals surface area contributed by atoms with Gasteiger partial charge in [-0.15, -0.1) is 0 Å². The summed E-state index contributed by atoms with van der Waals surface area (Å²) >= 11 is 3.54. The summed E-state index contributed by atoms with van der Waals surface area (Å²) in [5.74, 6) is -0.304. The molecule has 0 aliphatic rings. The zero-order chi connectivity index (χ0) is 20.5. The Hall–Kier alpha value is -2.72. The van der Waals surface area contributed by atoms with E-state index in [4.69, 9.17) is 9.73 Å². The zero-order valence-corrected chi connectivity index (χ0v) is 18.0. The molecule has 1 unspecified atom stereocenters. The summed E-state index contributed by atoms with van der Waals surface area (Å²) in [6.45, 7) is 2.15. The molecule has 29 heavy (non-hydrogen) atoms. The largest absolute Gasteiger partial charge is 0.464 e. The lowest BCUT2D eigenvalue weighted by Crippen LogP contribution is -2.26. The second-order valence-electron chi connectivity index (χ2n) is 6.58. The van der Waals surface area contributed by atoms with Crippen molar-refractivity contribution in [1.82, 2.24) is 0 Å². The fourth-order valence-corrected chi connectivity index (χ4v) is 3.73. The lowest BCUT2D eigenvalue weighted by atomic mass is 9.99. The van der Waals surface area contributed by atoms with Gasteiger partial charge in [0.2, 0.25) is 0 Å². The molecular weight excluding hydrogens is 426 g/mol. The van der Waals surface area contributed by atoms with Gasteiger partial charge in [0, 0.05) is 22.9 Å². The number of carbonyl (C=O) groups excluding carboxylic acids is 1. The first kappa shape index (κ1) is 21.0. The Morgan fingerprint density at radius 3 is 1.90 bits per heavy atom. The number of nitrogens with zero attached hydrogens (tertiary/aromatic N) is 1. The third-order valence-electron chi connectivity index (χ3n) is 4.61. The summed E-state index contributed by atoms with van der Waals surface area (Å²) in [5.41, 5.74) is 4.98. The summed E-state index contributed by atoms with van der Waals surface area (Å²) in [5, 5.41) is 0.729. The van der Waals surface area contributed by atoms with E-state index in [2.05, 4.69) is 22.0 Å². The maximum atomic E-state index is 12.8. The molecule has 0 bridgehead atoms. The Labute approximate surface area is 180 Å². The lowest BCUT2D eigenvalue weighted by Gasteiger charge is -2.16. The van der Waals surface area contributed by atoms with Crippen LogP contribution >= 0.6 is 15.9 Å². The first-order valence-electron chi connectivity index (χ1n) is 9.71. The average Bonchev–Trinajstić information content (AvgIpc) is 2.78. The first-order chi connectivity index (χ1) is 14.2. The number of rotatable bonds is 8. The number of benzene rings is 3. The molecule has 0 aliphatic heterocycles. The van der Waals surface area contributed by atoms with Gasteiger partial charge >= 0.3 is 5.97 Å². The van der Waals surface area contributed by atoms with Gasteiger partial charge in [0.15, 0.2) is 6.04 Å². The summed E-state index contributed by atoms with van der Waals surface area (Å²) in [7, 11) is 0. The van der Waals surface area contributed by atoms with Crippen molar-refractivity contribution in [2.75, 3.05) is 6.61 Å². The monoisotopic (exact) mass is 449 g/mol. The van der Waals surface area contributed by atoms with Crippen LogP contribution in [-0.4, -0.2) is 24.3 Å². The highest BCUT2D eigenvalue weighted by Crippen LogP contribution is 2.19. The minimum absolute atomic E-state index is 0.304. The Balaban J connectivity index is 2.06. The molecule has 3 aromatic rings. The number of hydrogen-bond acceptors (Lipinski definition) is 3. The predicted molar refractivity (Wildman–Crippen MR) is 122 cm³/mol. The Morgan fingerprint density at radius 2 is 1.38 bits per heavy atom. The zero-order valence-electron chi connectivity index (χ0n) is 16.4. The quantitative estimate of drug-likeness (QED) is 0.255. The highest BCUT2D eigenvalue weighted by Gasteiger charge is 2.22. The third kappa shape index (κ3) is 5.64. The second kappa shape index (κ2) is 10.7. The molecule has 0 heterocycles. The standard InChI is InChI=1S/C25H24BrNO2/c1-2-29-25(28)23(17-21-15-9-10-16-22(21)18-26)27-24(19-11-5-3-6-12-19)20-13-7-4-8-14-20/h3-16,23H,2,17-18H2,1H3. The molecule has 148 valence electrons. The molecule has 0 aromatic heterocycles. The fraction of sp³-hybridized carbons (Fsp3) is 0.200. The number of carbonyl (C=O) groups is 1. The van der Waals surface area contributed by atoms with Crippen molar-refractivity contribution < 1.29 is 9.53 Å². The van der Waals surface area contributed by atoms with Gasteiger partial charge in [0.05, 0.1) is 12.3 Å². The third-order valence-corrected chi connectivity index (χ3v) is 5.22. The van der Waals surface area contributed by atoms with Gasteiger partial charge < -0.3 is 4.74 Å². The van der Waals surface area contributed by atoms with Gasteiger partial charge in [0.1, 0.15) is 0 Å². The topological polar surface area (TPSA) is 38.7 Å². The van der Waals surface area contributed by atoms with Crippen LogP contribution in [0.4, 0.5) is 0 Å². The number of esters is 1. The number of halogens is 1. The summed E-state index contributed by atoms with van der Waals surface area (Å²) in [4.78, 5) is 17.7. The van der Waals surface area contributed by atoms with Gasteiger partial charge in [-0.1, -0.05) is 101 Å². The van der Waals surface area contributed by atoms with Crippen LogP contribution in [0.1, 0.15) is 29.2 Å². The Bertz CT molecular complexity index is 913. The number of alkyl halides is 1. The van der Waals surface area contributed by atoms with Crippen molar-refractivity contribution in [1.29, 1.82) is 0 Å². The first-order valence-corrected chi connectivity index (χ1v) is 10.8.